The van der Waals surface area contributed by atoms with E-state index in [1.165, 1.54) is 47.9 Å². The standard InChI is InChI=1S/C24H30/c1-5-19-10-9-13-23(16-19)24(4,6-2)18(3)21-15-14-20-11-7-8-12-22(20)17-21/h9-10,13-17H,3,5-8,11-12H2,1-2,4H3. The maximum Gasteiger partial charge on any atom is 0.0172 e. The smallest absolute Gasteiger partial charge is 0.0172 e. The van der Waals surface area contributed by atoms with Crippen LogP contribution in [-0.4, -0.2) is 0 Å². The number of fused-ring (bicyclic) bond motifs is 1. The maximum atomic E-state index is 4.55. The molecule has 0 amide bonds. The predicted octanol–water partition coefficient (Wildman–Crippen LogP) is 6.51. The van der Waals surface area contributed by atoms with E-state index in [0.29, 0.717) is 0 Å². The van der Waals surface area contributed by atoms with Crippen molar-refractivity contribution in [3.8, 4) is 0 Å². The zero-order chi connectivity index (χ0) is 17.2. The third-order valence-corrected chi connectivity index (χ3v) is 6.04. The summed E-state index contributed by atoms with van der Waals surface area (Å²) >= 11 is 0. The molecule has 0 heteroatoms. The summed E-state index contributed by atoms with van der Waals surface area (Å²) in [4.78, 5) is 0. The van der Waals surface area contributed by atoms with Crippen LogP contribution in [0.3, 0.4) is 0 Å². The highest BCUT2D eigenvalue weighted by molar-refractivity contribution is 5.74. The van der Waals surface area contributed by atoms with Crippen LogP contribution in [0.1, 0.15) is 67.9 Å². The van der Waals surface area contributed by atoms with Crippen molar-refractivity contribution in [2.24, 2.45) is 0 Å². The fourth-order valence-electron chi connectivity index (χ4n) is 3.97. The molecule has 0 spiro atoms. The molecule has 126 valence electrons. The third kappa shape index (κ3) is 3.07. The number of hydrogen-bond donors (Lipinski definition) is 0. The van der Waals surface area contributed by atoms with Crippen LogP contribution in [0.4, 0.5) is 0 Å². The molecule has 1 aliphatic rings. The predicted molar refractivity (Wildman–Crippen MR) is 106 cm³/mol. The van der Waals surface area contributed by atoms with Crippen molar-refractivity contribution >= 4 is 5.57 Å². The maximum absolute atomic E-state index is 4.55. The van der Waals surface area contributed by atoms with Gasteiger partial charge in [-0.1, -0.05) is 69.8 Å². The largest absolute Gasteiger partial charge is 0.0943 e. The number of benzene rings is 2. The highest BCUT2D eigenvalue weighted by Crippen LogP contribution is 2.41. The van der Waals surface area contributed by atoms with Crippen molar-refractivity contribution in [1.29, 1.82) is 0 Å². The Balaban J connectivity index is 1.99. The molecule has 0 radical (unpaired) electrons. The lowest BCUT2D eigenvalue weighted by Crippen LogP contribution is -2.23. The van der Waals surface area contributed by atoms with Crippen molar-refractivity contribution in [2.45, 2.75) is 64.7 Å². The van der Waals surface area contributed by atoms with Crippen molar-refractivity contribution in [1.82, 2.24) is 0 Å². The number of allylic oxidation sites excluding steroid dienone is 1. The van der Waals surface area contributed by atoms with E-state index in [2.05, 4.69) is 69.8 Å². The Bertz CT molecular complexity index is 737. The van der Waals surface area contributed by atoms with Crippen LogP contribution < -0.4 is 0 Å². The Hall–Kier alpha value is -1.82. The topological polar surface area (TPSA) is 0 Å². The minimum atomic E-state index is -0.00587. The van der Waals surface area contributed by atoms with Gasteiger partial charge in [-0.2, -0.15) is 0 Å². The van der Waals surface area contributed by atoms with E-state index in [9.17, 15) is 0 Å². The van der Waals surface area contributed by atoms with Gasteiger partial charge in [-0.3, -0.25) is 0 Å². The molecule has 0 aromatic heterocycles. The lowest BCUT2D eigenvalue weighted by molar-refractivity contribution is 0.591. The van der Waals surface area contributed by atoms with E-state index >= 15 is 0 Å². The summed E-state index contributed by atoms with van der Waals surface area (Å²) in [5, 5.41) is 0. The van der Waals surface area contributed by atoms with Gasteiger partial charge in [-0.05, 0) is 71.9 Å². The van der Waals surface area contributed by atoms with Crippen LogP contribution in [0.2, 0.25) is 0 Å². The van der Waals surface area contributed by atoms with Crippen LogP contribution in [-0.2, 0) is 24.7 Å². The van der Waals surface area contributed by atoms with Gasteiger partial charge in [0.25, 0.3) is 0 Å². The van der Waals surface area contributed by atoms with E-state index in [4.69, 9.17) is 0 Å². The number of rotatable bonds is 5. The fourth-order valence-corrected chi connectivity index (χ4v) is 3.97. The molecular formula is C24H30. The van der Waals surface area contributed by atoms with E-state index in [-0.39, 0.29) is 5.41 Å². The molecular weight excluding hydrogens is 288 g/mol. The van der Waals surface area contributed by atoms with Gasteiger partial charge >= 0.3 is 0 Å². The van der Waals surface area contributed by atoms with Crippen LogP contribution in [0.5, 0.6) is 0 Å². The normalized spacial score (nSPS) is 16.3. The highest BCUT2D eigenvalue weighted by Gasteiger charge is 2.29. The first kappa shape index (κ1) is 17.0. The minimum Gasteiger partial charge on any atom is -0.0943 e. The van der Waals surface area contributed by atoms with Gasteiger partial charge in [-0.15, -0.1) is 0 Å². The molecule has 0 nitrogen and oxygen atoms in total. The molecule has 2 aromatic carbocycles. The average Bonchev–Trinajstić information content (AvgIpc) is 2.66. The first-order valence-electron chi connectivity index (χ1n) is 9.49. The zero-order valence-corrected chi connectivity index (χ0v) is 15.5. The van der Waals surface area contributed by atoms with Gasteiger partial charge in [0.2, 0.25) is 0 Å². The lowest BCUT2D eigenvalue weighted by atomic mass is 9.71. The summed E-state index contributed by atoms with van der Waals surface area (Å²) in [6.07, 6.45) is 7.28. The Kier molecular flexibility index (Phi) is 4.94. The number of aryl methyl sites for hydroxylation is 3. The van der Waals surface area contributed by atoms with Gasteiger partial charge in [0.1, 0.15) is 0 Å². The number of hydrogen-bond acceptors (Lipinski definition) is 0. The van der Waals surface area contributed by atoms with Gasteiger partial charge < -0.3 is 0 Å². The first-order valence-corrected chi connectivity index (χ1v) is 9.49. The summed E-state index contributed by atoms with van der Waals surface area (Å²) in [6.45, 7) is 11.4. The molecule has 0 bridgehead atoms. The van der Waals surface area contributed by atoms with Gasteiger partial charge in [0.05, 0.1) is 0 Å². The fraction of sp³-hybridized carbons (Fsp3) is 0.417. The van der Waals surface area contributed by atoms with Gasteiger partial charge in [0, 0.05) is 5.41 Å². The summed E-state index contributed by atoms with van der Waals surface area (Å²) in [6, 6.07) is 16.1. The second-order valence-electron chi connectivity index (χ2n) is 7.41. The molecule has 0 aliphatic heterocycles. The van der Waals surface area contributed by atoms with Crippen LogP contribution in [0.15, 0.2) is 49.0 Å². The zero-order valence-electron chi connectivity index (χ0n) is 15.5. The van der Waals surface area contributed by atoms with Crippen molar-refractivity contribution in [2.75, 3.05) is 0 Å². The highest BCUT2D eigenvalue weighted by atomic mass is 14.3. The van der Waals surface area contributed by atoms with E-state index in [1.54, 1.807) is 11.1 Å². The van der Waals surface area contributed by atoms with Crippen LogP contribution >= 0.6 is 0 Å². The molecule has 1 unspecified atom stereocenters. The molecule has 3 rings (SSSR count). The minimum absolute atomic E-state index is 0.00587. The molecule has 1 aliphatic carbocycles. The molecule has 0 saturated carbocycles. The summed E-state index contributed by atoms with van der Waals surface area (Å²) < 4.78 is 0. The SMILES string of the molecule is C=C(c1ccc2c(c1)CCCC2)C(C)(CC)c1cccc(CC)c1. The summed E-state index contributed by atoms with van der Waals surface area (Å²) in [7, 11) is 0. The van der Waals surface area contributed by atoms with E-state index in [0.717, 1.165) is 12.8 Å². The molecule has 24 heavy (non-hydrogen) atoms. The van der Waals surface area contributed by atoms with E-state index < -0.39 is 0 Å². The first-order chi connectivity index (χ1) is 11.6. The molecule has 0 fully saturated rings. The molecule has 0 saturated heterocycles. The summed E-state index contributed by atoms with van der Waals surface area (Å²) in [5.74, 6) is 0. The van der Waals surface area contributed by atoms with Crippen LogP contribution in [0.25, 0.3) is 5.57 Å². The second kappa shape index (κ2) is 6.97. The lowest BCUT2D eigenvalue weighted by Gasteiger charge is -2.33. The molecule has 1 atom stereocenters. The third-order valence-electron chi connectivity index (χ3n) is 6.04. The van der Waals surface area contributed by atoms with Crippen LogP contribution in [0, 0.1) is 0 Å². The van der Waals surface area contributed by atoms with Gasteiger partial charge in [-0.25, -0.2) is 0 Å². The monoisotopic (exact) mass is 318 g/mol. The second-order valence-corrected chi connectivity index (χ2v) is 7.41. The van der Waals surface area contributed by atoms with Crippen molar-refractivity contribution < 1.29 is 0 Å². The van der Waals surface area contributed by atoms with Crippen molar-refractivity contribution in [3.05, 3.63) is 76.9 Å². The average molecular weight is 319 g/mol. The van der Waals surface area contributed by atoms with Crippen molar-refractivity contribution in [3.63, 3.8) is 0 Å². The Morgan fingerprint density at radius 2 is 1.75 bits per heavy atom. The molecule has 0 heterocycles. The molecule has 0 N–H and O–H groups in total. The Morgan fingerprint density at radius 1 is 1.00 bits per heavy atom. The Labute approximate surface area is 147 Å². The Morgan fingerprint density at radius 3 is 2.46 bits per heavy atom. The quantitative estimate of drug-likeness (QED) is 0.589. The van der Waals surface area contributed by atoms with Gasteiger partial charge in [0.15, 0.2) is 0 Å². The summed E-state index contributed by atoms with van der Waals surface area (Å²) in [5.41, 5.74) is 8.46. The van der Waals surface area contributed by atoms with E-state index in [1.807, 2.05) is 0 Å². The molecule has 2 aromatic rings.